The second kappa shape index (κ2) is 6.99. The van der Waals surface area contributed by atoms with E-state index in [1.807, 2.05) is 54.7 Å². The van der Waals surface area contributed by atoms with Gasteiger partial charge in [-0.2, -0.15) is 0 Å². The molecule has 0 spiro atoms. The highest BCUT2D eigenvalue weighted by molar-refractivity contribution is 6.18. The van der Waals surface area contributed by atoms with Crippen molar-refractivity contribution in [1.82, 2.24) is 4.98 Å². The van der Waals surface area contributed by atoms with Crippen LogP contribution in [-0.4, -0.2) is 17.4 Å². The SMILES string of the molecule is ClCCNc1cccc(-c2cc3nccc(-c4ccccc4)c3o2)c1. The lowest BCUT2D eigenvalue weighted by Crippen LogP contribution is -2.01. The number of aromatic nitrogens is 1. The Morgan fingerprint density at radius 1 is 0.920 bits per heavy atom. The molecule has 0 fully saturated rings. The summed E-state index contributed by atoms with van der Waals surface area (Å²) in [5.74, 6) is 1.37. The summed E-state index contributed by atoms with van der Waals surface area (Å²) in [5, 5.41) is 3.29. The summed E-state index contributed by atoms with van der Waals surface area (Å²) < 4.78 is 6.18. The zero-order valence-electron chi connectivity index (χ0n) is 13.6. The Hall–Kier alpha value is -2.78. The average molecular weight is 349 g/mol. The van der Waals surface area contributed by atoms with Crippen molar-refractivity contribution in [2.75, 3.05) is 17.7 Å². The third-order valence-electron chi connectivity index (χ3n) is 4.07. The van der Waals surface area contributed by atoms with Crippen molar-refractivity contribution >= 4 is 28.4 Å². The van der Waals surface area contributed by atoms with E-state index in [0.717, 1.165) is 45.8 Å². The van der Waals surface area contributed by atoms with Crippen molar-refractivity contribution in [2.24, 2.45) is 0 Å². The van der Waals surface area contributed by atoms with E-state index in [-0.39, 0.29) is 0 Å². The topological polar surface area (TPSA) is 38.1 Å². The Morgan fingerprint density at radius 3 is 2.60 bits per heavy atom. The van der Waals surface area contributed by atoms with Gasteiger partial charge in [0.25, 0.3) is 0 Å². The lowest BCUT2D eigenvalue weighted by Gasteiger charge is -2.05. The second-order valence-electron chi connectivity index (χ2n) is 5.75. The molecular weight excluding hydrogens is 332 g/mol. The van der Waals surface area contributed by atoms with Gasteiger partial charge in [-0.15, -0.1) is 11.6 Å². The lowest BCUT2D eigenvalue weighted by atomic mass is 10.1. The Balaban J connectivity index is 1.77. The Labute approximate surface area is 151 Å². The van der Waals surface area contributed by atoms with Crippen molar-refractivity contribution in [3.8, 4) is 22.5 Å². The van der Waals surface area contributed by atoms with E-state index in [9.17, 15) is 0 Å². The van der Waals surface area contributed by atoms with Gasteiger partial charge in [-0.25, -0.2) is 0 Å². The van der Waals surface area contributed by atoms with Crippen LogP contribution in [0.4, 0.5) is 5.69 Å². The van der Waals surface area contributed by atoms with Gasteiger partial charge >= 0.3 is 0 Å². The normalized spacial score (nSPS) is 10.9. The van der Waals surface area contributed by atoms with Crippen LogP contribution in [-0.2, 0) is 0 Å². The molecule has 0 atom stereocenters. The first kappa shape index (κ1) is 15.7. The van der Waals surface area contributed by atoms with Gasteiger partial charge in [-0.05, 0) is 23.8 Å². The van der Waals surface area contributed by atoms with Crippen LogP contribution in [0.1, 0.15) is 0 Å². The zero-order chi connectivity index (χ0) is 17.1. The van der Waals surface area contributed by atoms with Crippen molar-refractivity contribution in [3.05, 3.63) is 72.9 Å². The predicted octanol–water partition coefficient (Wildman–Crippen LogP) is 5.81. The number of halogens is 1. The predicted molar refractivity (Wildman–Crippen MR) is 104 cm³/mol. The first-order valence-electron chi connectivity index (χ1n) is 8.19. The highest BCUT2D eigenvalue weighted by atomic mass is 35.5. The molecule has 0 aliphatic carbocycles. The van der Waals surface area contributed by atoms with Crippen molar-refractivity contribution in [1.29, 1.82) is 0 Å². The van der Waals surface area contributed by atoms with Crippen molar-refractivity contribution in [2.45, 2.75) is 0 Å². The highest BCUT2D eigenvalue weighted by Gasteiger charge is 2.12. The smallest absolute Gasteiger partial charge is 0.161 e. The fourth-order valence-corrected chi connectivity index (χ4v) is 2.99. The molecule has 4 rings (SSSR count). The number of furan rings is 1. The lowest BCUT2D eigenvalue weighted by molar-refractivity contribution is 0.632. The zero-order valence-corrected chi connectivity index (χ0v) is 14.3. The van der Waals surface area contributed by atoms with E-state index in [4.69, 9.17) is 16.0 Å². The molecule has 2 heterocycles. The highest BCUT2D eigenvalue weighted by Crippen LogP contribution is 2.34. The van der Waals surface area contributed by atoms with Gasteiger partial charge in [0.2, 0.25) is 0 Å². The Kier molecular flexibility index (Phi) is 4.40. The molecule has 124 valence electrons. The summed E-state index contributed by atoms with van der Waals surface area (Å²) in [6.07, 6.45) is 1.82. The van der Waals surface area contributed by atoms with Crippen LogP contribution >= 0.6 is 11.6 Å². The van der Waals surface area contributed by atoms with Crippen LogP contribution in [0, 0.1) is 0 Å². The number of hydrogen-bond donors (Lipinski definition) is 1. The average Bonchev–Trinajstić information content (AvgIpc) is 3.12. The largest absolute Gasteiger partial charge is 0.454 e. The standard InChI is InChI=1S/C21H17ClN2O/c22-10-12-23-17-8-4-7-16(13-17)20-14-19-21(25-20)18(9-11-24-19)15-5-2-1-3-6-15/h1-9,11,13-14,23H,10,12H2. The molecule has 4 aromatic rings. The number of pyridine rings is 1. The molecule has 0 saturated carbocycles. The van der Waals surface area contributed by atoms with E-state index in [1.54, 1.807) is 0 Å². The summed E-state index contributed by atoms with van der Waals surface area (Å²) in [4.78, 5) is 4.46. The van der Waals surface area contributed by atoms with E-state index >= 15 is 0 Å². The third kappa shape index (κ3) is 3.24. The van der Waals surface area contributed by atoms with E-state index in [1.165, 1.54) is 0 Å². The van der Waals surface area contributed by atoms with Gasteiger partial charge in [0.15, 0.2) is 5.58 Å². The first-order chi connectivity index (χ1) is 12.3. The van der Waals surface area contributed by atoms with Crippen LogP contribution in [0.3, 0.4) is 0 Å². The molecule has 0 aliphatic rings. The molecule has 2 aromatic carbocycles. The molecule has 1 N–H and O–H groups in total. The van der Waals surface area contributed by atoms with Crippen LogP contribution in [0.5, 0.6) is 0 Å². The summed E-state index contributed by atoms with van der Waals surface area (Å²) in [6, 6.07) is 22.3. The number of fused-ring (bicyclic) bond motifs is 1. The minimum Gasteiger partial charge on any atom is -0.454 e. The van der Waals surface area contributed by atoms with E-state index in [0.29, 0.717) is 5.88 Å². The number of benzene rings is 2. The van der Waals surface area contributed by atoms with Gasteiger partial charge in [0.05, 0.1) is 0 Å². The molecule has 0 bridgehead atoms. The van der Waals surface area contributed by atoms with Gasteiger partial charge in [-0.1, -0.05) is 42.5 Å². The van der Waals surface area contributed by atoms with Crippen LogP contribution in [0.2, 0.25) is 0 Å². The van der Waals surface area contributed by atoms with Crippen LogP contribution < -0.4 is 5.32 Å². The van der Waals surface area contributed by atoms with Crippen LogP contribution in [0.15, 0.2) is 77.3 Å². The maximum absolute atomic E-state index is 6.18. The third-order valence-corrected chi connectivity index (χ3v) is 4.26. The number of nitrogens with one attached hydrogen (secondary N) is 1. The minimum atomic E-state index is 0.569. The molecule has 3 nitrogen and oxygen atoms in total. The number of nitrogens with zero attached hydrogens (tertiary/aromatic N) is 1. The van der Waals surface area contributed by atoms with E-state index < -0.39 is 0 Å². The fraction of sp³-hybridized carbons (Fsp3) is 0.0952. The quantitative estimate of drug-likeness (QED) is 0.462. The van der Waals surface area contributed by atoms with Crippen molar-refractivity contribution in [3.63, 3.8) is 0 Å². The molecular formula is C21H17ClN2O. The van der Waals surface area contributed by atoms with Crippen molar-refractivity contribution < 1.29 is 4.42 Å². The number of rotatable bonds is 5. The molecule has 0 aliphatic heterocycles. The van der Waals surface area contributed by atoms with Gasteiger partial charge < -0.3 is 9.73 Å². The first-order valence-corrected chi connectivity index (χ1v) is 8.73. The maximum Gasteiger partial charge on any atom is 0.161 e. The summed E-state index contributed by atoms with van der Waals surface area (Å²) >= 11 is 5.75. The van der Waals surface area contributed by atoms with Gasteiger partial charge in [-0.3, -0.25) is 4.98 Å². The van der Waals surface area contributed by atoms with Gasteiger partial charge in [0.1, 0.15) is 11.3 Å². The minimum absolute atomic E-state index is 0.569. The molecule has 25 heavy (non-hydrogen) atoms. The molecule has 0 radical (unpaired) electrons. The molecule has 0 unspecified atom stereocenters. The number of anilines is 1. The second-order valence-corrected chi connectivity index (χ2v) is 6.12. The molecule has 2 aromatic heterocycles. The summed E-state index contributed by atoms with van der Waals surface area (Å²) in [7, 11) is 0. The molecule has 0 saturated heterocycles. The summed E-state index contributed by atoms with van der Waals surface area (Å²) in [5.41, 5.74) is 5.87. The van der Waals surface area contributed by atoms with E-state index in [2.05, 4.69) is 28.5 Å². The number of hydrogen-bond acceptors (Lipinski definition) is 3. The Bertz CT molecular complexity index is 995. The number of alkyl halides is 1. The summed E-state index contributed by atoms with van der Waals surface area (Å²) in [6.45, 7) is 0.727. The maximum atomic E-state index is 6.18. The Morgan fingerprint density at radius 2 is 1.76 bits per heavy atom. The fourth-order valence-electron chi connectivity index (χ4n) is 2.90. The molecule has 4 heteroatoms. The van der Waals surface area contributed by atoms with Crippen LogP contribution in [0.25, 0.3) is 33.6 Å². The van der Waals surface area contributed by atoms with Gasteiger partial charge in [0, 0.05) is 41.5 Å². The molecule has 0 amide bonds. The monoisotopic (exact) mass is 348 g/mol.